The van der Waals surface area contributed by atoms with Crippen LogP contribution in [0.5, 0.6) is 11.5 Å². The number of nitroso groups, excluding NO2 is 1. The van der Waals surface area contributed by atoms with E-state index in [-0.39, 0.29) is 6.61 Å². The first-order chi connectivity index (χ1) is 12.5. The van der Waals surface area contributed by atoms with E-state index in [0.717, 1.165) is 11.3 Å². The van der Waals surface area contributed by atoms with E-state index in [1.54, 1.807) is 50.2 Å². The van der Waals surface area contributed by atoms with Crippen LogP contribution in [0.3, 0.4) is 0 Å². The number of ether oxygens (including phenoxy) is 3. The molecule has 0 fully saturated rings. The minimum atomic E-state index is -0.787. The fourth-order valence-electron chi connectivity index (χ4n) is 1.96. The highest BCUT2D eigenvalue weighted by Gasteiger charge is 2.17. The Morgan fingerprint density at radius 1 is 1.04 bits per heavy atom. The van der Waals surface area contributed by atoms with Gasteiger partial charge in [0.25, 0.3) is 0 Å². The lowest BCUT2D eigenvalue weighted by atomic mass is 10.2. The van der Waals surface area contributed by atoms with Crippen molar-refractivity contribution in [3.05, 3.63) is 64.0 Å². The first-order valence-electron chi connectivity index (χ1n) is 8.11. The summed E-state index contributed by atoms with van der Waals surface area (Å²) in [5, 5.41) is 3.43. The van der Waals surface area contributed by atoms with E-state index >= 15 is 0 Å². The predicted octanol–water partition coefficient (Wildman–Crippen LogP) is 4.38. The largest absolute Gasteiger partial charge is 0.489 e. The monoisotopic (exact) mass is 377 g/mol. The van der Waals surface area contributed by atoms with Crippen LogP contribution in [0.1, 0.15) is 19.4 Å². The molecule has 0 heterocycles. The average Bonchev–Trinajstić information content (AvgIpc) is 2.66. The van der Waals surface area contributed by atoms with E-state index in [1.165, 1.54) is 0 Å². The Morgan fingerprint density at radius 2 is 1.65 bits per heavy atom. The van der Waals surface area contributed by atoms with Gasteiger partial charge in [-0.2, -0.15) is 4.91 Å². The van der Waals surface area contributed by atoms with Gasteiger partial charge >= 0.3 is 5.97 Å². The number of rotatable bonds is 9. The lowest BCUT2D eigenvalue weighted by Crippen LogP contribution is -2.28. The summed E-state index contributed by atoms with van der Waals surface area (Å²) in [6, 6.07) is 13.7. The molecule has 6 nitrogen and oxygen atoms in total. The topological polar surface area (TPSA) is 74.2 Å². The Kier molecular flexibility index (Phi) is 7.41. The van der Waals surface area contributed by atoms with Crippen LogP contribution in [-0.2, 0) is 16.1 Å². The molecule has 138 valence electrons. The van der Waals surface area contributed by atoms with E-state index in [2.05, 4.69) is 5.18 Å². The molecule has 2 atom stereocenters. The van der Waals surface area contributed by atoms with Crippen LogP contribution >= 0.6 is 11.6 Å². The second-order valence-corrected chi connectivity index (χ2v) is 6.17. The summed E-state index contributed by atoms with van der Waals surface area (Å²) in [5.41, 5.74) is 0.952. The maximum atomic E-state index is 11.8. The third-order valence-corrected chi connectivity index (χ3v) is 3.69. The summed E-state index contributed by atoms with van der Waals surface area (Å²) in [6.07, 6.45) is -0.787. The van der Waals surface area contributed by atoms with Gasteiger partial charge in [-0.15, -0.1) is 0 Å². The molecule has 0 aliphatic rings. The summed E-state index contributed by atoms with van der Waals surface area (Å²) in [6.45, 7) is 3.49. The molecule has 0 radical (unpaired) electrons. The van der Waals surface area contributed by atoms with Crippen molar-refractivity contribution in [2.24, 2.45) is 5.18 Å². The molecule has 0 saturated heterocycles. The van der Waals surface area contributed by atoms with Gasteiger partial charge in [-0.05, 0) is 55.8 Å². The number of halogens is 1. The molecule has 26 heavy (non-hydrogen) atoms. The molecule has 0 amide bonds. The third kappa shape index (κ3) is 6.37. The summed E-state index contributed by atoms with van der Waals surface area (Å²) < 4.78 is 16.2. The zero-order chi connectivity index (χ0) is 18.9. The number of hydrogen-bond donors (Lipinski definition) is 0. The fourth-order valence-corrected chi connectivity index (χ4v) is 2.09. The minimum Gasteiger partial charge on any atom is -0.489 e. The normalized spacial score (nSPS) is 12.7. The molecule has 7 heteroatoms. The predicted molar refractivity (Wildman–Crippen MR) is 98.5 cm³/mol. The van der Waals surface area contributed by atoms with Crippen LogP contribution in [0.2, 0.25) is 5.02 Å². The first-order valence-corrected chi connectivity index (χ1v) is 8.49. The SMILES string of the molecule is CC(COC(=O)C(C)Oc1ccc(COc2ccc(Cl)cc2)cc1)N=O. The van der Waals surface area contributed by atoms with Crippen molar-refractivity contribution in [3.63, 3.8) is 0 Å². The molecule has 0 aliphatic carbocycles. The molecular formula is C19H20ClNO5. The van der Waals surface area contributed by atoms with Gasteiger partial charge < -0.3 is 14.2 Å². The Balaban J connectivity index is 1.81. The molecule has 0 aliphatic heterocycles. The van der Waals surface area contributed by atoms with Gasteiger partial charge in [0.2, 0.25) is 0 Å². The smallest absolute Gasteiger partial charge is 0.347 e. The maximum absolute atomic E-state index is 11.8. The quantitative estimate of drug-likeness (QED) is 0.478. The standard InChI is InChI=1S/C19H20ClNO5/c1-13(21-23)11-25-19(22)14(2)26-18-7-3-15(4-8-18)12-24-17-9-5-16(20)6-10-17/h3-10,13-14H,11-12H2,1-2H3. The number of carbonyl (C=O) groups excluding carboxylic acids is 1. The van der Waals surface area contributed by atoms with Crippen molar-refractivity contribution in [1.82, 2.24) is 0 Å². The second-order valence-electron chi connectivity index (χ2n) is 5.73. The lowest BCUT2D eigenvalue weighted by molar-refractivity contribution is -0.151. The van der Waals surface area contributed by atoms with E-state index in [1.807, 2.05) is 12.1 Å². The molecule has 0 saturated carbocycles. The zero-order valence-corrected chi connectivity index (χ0v) is 15.3. The van der Waals surface area contributed by atoms with Crippen LogP contribution in [0, 0.1) is 4.91 Å². The maximum Gasteiger partial charge on any atom is 0.347 e. The highest BCUT2D eigenvalue weighted by Crippen LogP contribution is 2.19. The number of nitrogens with zero attached hydrogens (tertiary/aromatic N) is 1. The summed E-state index contributed by atoms with van der Waals surface area (Å²) in [5.74, 6) is 0.715. The minimum absolute atomic E-state index is 0.0585. The molecular weight excluding hydrogens is 358 g/mol. The van der Waals surface area contributed by atoms with Crippen molar-refractivity contribution in [3.8, 4) is 11.5 Å². The number of benzene rings is 2. The molecule has 0 N–H and O–H groups in total. The summed E-state index contributed by atoms with van der Waals surface area (Å²) in [7, 11) is 0. The van der Waals surface area contributed by atoms with Crippen LogP contribution in [0.15, 0.2) is 53.7 Å². The first kappa shape index (κ1) is 19.7. The van der Waals surface area contributed by atoms with Crippen LogP contribution in [0.4, 0.5) is 0 Å². The average molecular weight is 378 g/mol. The number of carbonyl (C=O) groups is 1. The highest BCUT2D eigenvalue weighted by atomic mass is 35.5. The molecule has 2 aromatic carbocycles. The molecule has 0 spiro atoms. The molecule has 2 unspecified atom stereocenters. The molecule has 2 rings (SSSR count). The van der Waals surface area contributed by atoms with E-state index in [4.69, 9.17) is 25.8 Å². The fraction of sp³-hybridized carbons (Fsp3) is 0.316. The van der Waals surface area contributed by atoms with Crippen LogP contribution in [0.25, 0.3) is 0 Å². The van der Waals surface area contributed by atoms with Gasteiger partial charge in [-0.1, -0.05) is 28.9 Å². The summed E-state index contributed by atoms with van der Waals surface area (Å²) in [4.78, 5) is 22.1. The van der Waals surface area contributed by atoms with Crippen molar-refractivity contribution in [2.75, 3.05) is 6.61 Å². The Labute approximate surface area is 157 Å². The molecule has 0 bridgehead atoms. The Hall–Kier alpha value is -2.60. The van der Waals surface area contributed by atoms with Crippen molar-refractivity contribution in [2.45, 2.75) is 32.6 Å². The van der Waals surface area contributed by atoms with Gasteiger partial charge in [-0.3, -0.25) is 0 Å². The summed E-state index contributed by atoms with van der Waals surface area (Å²) >= 11 is 5.83. The van der Waals surface area contributed by atoms with E-state index in [9.17, 15) is 9.70 Å². The Morgan fingerprint density at radius 3 is 2.27 bits per heavy atom. The van der Waals surface area contributed by atoms with Gasteiger partial charge in [-0.25, -0.2) is 4.79 Å². The zero-order valence-electron chi connectivity index (χ0n) is 14.6. The van der Waals surface area contributed by atoms with Crippen LogP contribution < -0.4 is 9.47 Å². The van der Waals surface area contributed by atoms with Gasteiger partial charge in [0, 0.05) is 5.02 Å². The van der Waals surface area contributed by atoms with E-state index in [0.29, 0.717) is 17.4 Å². The van der Waals surface area contributed by atoms with Gasteiger partial charge in [0.1, 0.15) is 30.8 Å². The van der Waals surface area contributed by atoms with Crippen molar-refractivity contribution < 1.29 is 19.0 Å². The van der Waals surface area contributed by atoms with Crippen LogP contribution in [-0.4, -0.2) is 24.7 Å². The lowest BCUT2D eigenvalue weighted by Gasteiger charge is -2.15. The second kappa shape index (κ2) is 9.77. The molecule has 2 aromatic rings. The number of esters is 1. The van der Waals surface area contributed by atoms with Crippen molar-refractivity contribution >= 4 is 17.6 Å². The van der Waals surface area contributed by atoms with Gasteiger partial charge in [0.15, 0.2) is 6.10 Å². The van der Waals surface area contributed by atoms with Gasteiger partial charge in [0.05, 0.1) is 0 Å². The third-order valence-electron chi connectivity index (χ3n) is 3.43. The van der Waals surface area contributed by atoms with E-state index < -0.39 is 18.1 Å². The van der Waals surface area contributed by atoms with Crippen molar-refractivity contribution in [1.29, 1.82) is 0 Å². The molecule has 0 aromatic heterocycles. The highest BCUT2D eigenvalue weighted by molar-refractivity contribution is 6.30. The number of hydrogen-bond acceptors (Lipinski definition) is 6. The Bertz CT molecular complexity index is 718.